The number of ketones is 2. The summed E-state index contributed by atoms with van der Waals surface area (Å²) in [7, 11) is 0. The summed E-state index contributed by atoms with van der Waals surface area (Å²) < 4.78 is 2.14. The molecule has 43 heavy (non-hydrogen) atoms. The Balaban J connectivity index is 1.27. The van der Waals surface area contributed by atoms with Gasteiger partial charge in [-0.2, -0.15) is 5.10 Å². The van der Waals surface area contributed by atoms with Gasteiger partial charge in [0.05, 0.1) is 5.52 Å². The molecule has 1 saturated heterocycles. The van der Waals surface area contributed by atoms with E-state index < -0.39 is 6.04 Å². The number of hydrogen-bond donors (Lipinski definition) is 1. The summed E-state index contributed by atoms with van der Waals surface area (Å²) in [4.78, 5) is 66.2. The Morgan fingerprint density at radius 1 is 1.07 bits per heavy atom. The van der Waals surface area contributed by atoms with Crippen LogP contribution in [-0.2, 0) is 16.1 Å². The third kappa shape index (κ3) is 5.24. The first-order chi connectivity index (χ1) is 20.5. The molecule has 4 heterocycles. The van der Waals surface area contributed by atoms with Crippen LogP contribution >= 0.6 is 15.9 Å². The lowest BCUT2D eigenvalue weighted by Crippen LogP contribution is -2.47. The average Bonchev–Trinajstić information content (AvgIpc) is 3.35. The van der Waals surface area contributed by atoms with E-state index in [-0.39, 0.29) is 52.9 Å². The Hall–Kier alpha value is -4.32. The van der Waals surface area contributed by atoms with Crippen LogP contribution in [0.2, 0.25) is 0 Å². The average molecular weight is 645 g/mol. The first kappa shape index (κ1) is 28.8. The van der Waals surface area contributed by atoms with E-state index in [9.17, 15) is 19.2 Å². The molecule has 0 spiro atoms. The van der Waals surface area contributed by atoms with Gasteiger partial charge in [0.2, 0.25) is 11.8 Å². The van der Waals surface area contributed by atoms with Crippen LogP contribution in [-0.4, -0.2) is 65.1 Å². The maximum Gasteiger partial charge on any atom is 0.248 e. The number of nitrogens with zero attached hydrogens (tertiary/aromatic N) is 6. The molecule has 3 aromatic heterocycles. The Bertz CT molecular complexity index is 1820. The first-order valence-electron chi connectivity index (χ1n) is 14.1. The molecule has 4 aromatic rings. The minimum atomic E-state index is -0.639. The van der Waals surface area contributed by atoms with Crippen LogP contribution in [0.5, 0.6) is 0 Å². The number of amides is 2. The van der Waals surface area contributed by atoms with Crippen LogP contribution in [0.1, 0.15) is 66.7 Å². The van der Waals surface area contributed by atoms with Gasteiger partial charge in [-0.25, -0.2) is 15.0 Å². The summed E-state index contributed by atoms with van der Waals surface area (Å²) in [6.45, 7) is 7.03. The molecule has 11 nitrogen and oxygen atoms in total. The van der Waals surface area contributed by atoms with Gasteiger partial charge < -0.3 is 10.2 Å². The number of anilines is 1. The van der Waals surface area contributed by atoms with Crippen molar-refractivity contribution in [2.24, 2.45) is 5.41 Å². The summed E-state index contributed by atoms with van der Waals surface area (Å²) in [6.07, 6.45) is 4.87. The van der Waals surface area contributed by atoms with Crippen molar-refractivity contribution in [2.75, 3.05) is 5.32 Å². The molecule has 0 unspecified atom stereocenters. The third-order valence-corrected chi connectivity index (χ3v) is 8.90. The van der Waals surface area contributed by atoms with E-state index in [1.54, 1.807) is 36.4 Å². The zero-order chi connectivity index (χ0) is 30.6. The van der Waals surface area contributed by atoms with Crippen molar-refractivity contribution in [1.29, 1.82) is 0 Å². The van der Waals surface area contributed by atoms with Crippen molar-refractivity contribution >= 4 is 56.0 Å². The second-order valence-electron chi connectivity index (χ2n) is 11.6. The minimum absolute atomic E-state index is 0.0319. The smallest absolute Gasteiger partial charge is 0.248 e. The van der Waals surface area contributed by atoms with Crippen molar-refractivity contribution in [3.8, 4) is 11.1 Å². The number of hydrogen-bond acceptors (Lipinski definition) is 8. The Morgan fingerprint density at radius 3 is 2.51 bits per heavy atom. The van der Waals surface area contributed by atoms with Gasteiger partial charge >= 0.3 is 0 Å². The highest BCUT2D eigenvalue weighted by Crippen LogP contribution is 2.59. The SMILES string of the molecule is CCC(=O)c1ncc(-c2ccc3c(c2)c(C(C)=O)nn3CC(=O)N2[C@H](C(=O)Nc3nc(Br)ccc3C)C[C@@]3(C)C[C@@H]23)cn1. The van der Waals surface area contributed by atoms with Crippen LogP contribution in [0.3, 0.4) is 0 Å². The molecule has 220 valence electrons. The van der Waals surface area contributed by atoms with Crippen LogP contribution in [0.4, 0.5) is 5.82 Å². The number of halogens is 1. The van der Waals surface area contributed by atoms with E-state index in [1.165, 1.54) is 11.6 Å². The zero-order valence-corrected chi connectivity index (χ0v) is 25.8. The van der Waals surface area contributed by atoms with Crippen molar-refractivity contribution < 1.29 is 19.2 Å². The van der Waals surface area contributed by atoms with Crippen molar-refractivity contribution in [3.05, 3.63) is 64.4 Å². The predicted octanol–water partition coefficient (Wildman–Crippen LogP) is 4.77. The number of nitrogens with one attached hydrogen (secondary N) is 1. The number of benzene rings is 1. The van der Waals surface area contributed by atoms with Crippen LogP contribution in [0.25, 0.3) is 22.0 Å². The van der Waals surface area contributed by atoms with Gasteiger partial charge in [-0.05, 0) is 70.4 Å². The standard InChI is InChI=1S/C31H30BrN7O4/c1-5-23(41)29-33-13-19(14-34-29)18-7-8-21-20(10-18)27(17(3)40)37-38(21)15-26(42)39-22(11-31(4)12-24(31)39)30(43)36-28-16(2)6-9-25(32)35-28/h6-10,13-14,22,24H,5,11-12,15H2,1-4H3,(H,35,36,43)/t22-,24+,31-/m0/s1. The Labute approximate surface area is 256 Å². The van der Waals surface area contributed by atoms with E-state index >= 15 is 0 Å². The lowest BCUT2D eigenvalue weighted by Gasteiger charge is -2.27. The topological polar surface area (TPSA) is 140 Å². The number of Topliss-reactive ketones (excluding diaryl/α,β-unsaturated/α-hetero) is 2. The van der Waals surface area contributed by atoms with Gasteiger partial charge in [-0.3, -0.25) is 23.9 Å². The van der Waals surface area contributed by atoms with Crippen molar-refractivity contribution in [2.45, 2.75) is 65.6 Å². The number of carbonyl (C=O) groups is 4. The molecule has 2 aliphatic rings. The van der Waals surface area contributed by atoms with E-state index in [4.69, 9.17) is 0 Å². The van der Waals surface area contributed by atoms with Gasteiger partial charge in [0.25, 0.3) is 0 Å². The number of carbonyl (C=O) groups excluding carboxylic acids is 4. The Kier molecular flexibility index (Phi) is 7.19. The number of aryl methyl sites for hydroxylation is 1. The molecule has 1 N–H and O–H groups in total. The minimum Gasteiger partial charge on any atom is -0.325 e. The monoisotopic (exact) mass is 643 g/mol. The highest BCUT2D eigenvalue weighted by atomic mass is 79.9. The van der Waals surface area contributed by atoms with E-state index in [0.29, 0.717) is 39.7 Å². The van der Waals surface area contributed by atoms with Gasteiger partial charge in [0.15, 0.2) is 17.4 Å². The van der Waals surface area contributed by atoms with Gasteiger partial charge in [0, 0.05) is 42.7 Å². The number of piperidine rings is 1. The summed E-state index contributed by atoms with van der Waals surface area (Å²) in [6, 6.07) is 8.46. The van der Waals surface area contributed by atoms with E-state index in [2.05, 4.69) is 48.2 Å². The fraction of sp³-hybridized carbons (Fsp3) is 0.355. The third-order valence-electron chi connectivity index (χ3n) is 8.46. The normalized spacial score (nSPS) is 20.6. The summed E-state index contributed by atoms with van der Waals surface area (Å²) >= 11 is 3.35. The largest absolute Gasteiger partial charge is 0.325 e. The van der Waals surface area contributed by atoms with Crippen molar-refractivity contribution in [3.63, 3.8) is 0 Å². The summed E-state index contributed by atoms with van der Waals surface area (Å²) in [5, 5.41) is 8.03. The maximum absolute atomic E-state index is 13.8. The van der Waals surface area contributed by atoms with E-state index in [1.807, 2.05) is 25.1 Å². The fourth-order valence-electron chi connectivity index (χ4n) is 5.92. The quantitative estimate of drug-likeness (QED) is 0.214. The predicted molar refractivity (Wildman–Crippen MR) is 162 cm³/mol. The molecule has 1 aromatic carbocycles. The van der Waals surface area contributed by atoms with Gasteiger partial charge in [-0.15, -0.1) is 0 Å². The highest BCUT2D eigenvalue weighted by molar-refractivity contribution is 9.10. The van der Waals surface area contributed by atoms with Crippen LogP contribution < -0.4 is 5.32 Å². The van der Waals surface area contributed by atoms with Crippen LogP contribution in [0.15, 0.2) is 47.3 Å². The number of likely N-dealkylation sites (tertiary alicyclic amines) is 1. The first-order valence-corrected chi connectivity index (χ1v) is 14.9. The fourth-order valence-corrected chi connectivity index (χ4v) is 6.23. The number of rotatable bonds is 8. The maximum atomic E-state index is 13.8. The van der Waals surface area contributed by atoms with Gasteiger partial charge in [-0.1, -0.05) is 26.0 Å². The molecular formula is C31H30BrN7O4. The lowest BCUT2D eigenvalue weighted by molar-refractivity contribution is -0.138. The molecule has 12 heteroatoms. The molecule has 3 atom stereocenters. The van der Waals surface area contributed by atoms with Crippen molar-refractivity contribution in [1.82, 2.24) is 29.6 Å². The second-order valence-corrected chi connectivity index (χ2v) is 12.4. The molecule has 1 aliphatic heterocycles. The molecule has 1 saturated carbocycles. The molecule has 1 aliphatic carbocycles. The number of pyridine rings is 1. The summed E-state index contributed by atoms with van der Waals surface area (Å²) in [5.74, 6) is -0.280. The second kappa shape index (κ2) is 10.7. The molecule has 2 amide bonds. The molecular weight excluding hydrogens is 614 g/mol. The Morgan fingerprint density at radius 2 is 1.81 bits per heavy atom. The zero-order valence-electron chi connectivity index (χ0n) is 24.2. The summed E-state index contributed by atoms with van der Waals surface area (Å²) in [5.41, 5.74) is 3.00. The highest BCUT2D eigenvalue weighted by Gasteiger charge is 2.64. The number of aromatic nitrogens is 5. The lowest BCUT2D eigenvalue weighted by atomic mass is 10.0. The van der Waals surface area contributed by atoms with Crippen LogP contribution in [0, 0.1) is 12.3 Å². The number of fused-ring (bicyclic) bond motifs is 2. The molecule has 0 bridgehead atoms. The van der Waals surface area contributed by atoms with Gasteiger partial charge in [0.1, 0.15) is 28.7 Å². The molecule has 6 rings (SSSR count). The molecule has 2 fully saturated rings. The molecule has 0 radical (unpaired) electrons. The van der Waals surface area contributed by atoms with E-state index in [0.717, 1.165) is 17.5 Å².